The molecule has 5 aromatic rings. The average molecular weight is 758 g/mol. The number of hydrogen-bond donors (Lipinski definition) is 0. The largest absolute Gasteiger partial charge is 0.377 e. The van der Waals surface area contributed by atoms with Crippen LogP contribution in [0.3, 0.4) is 0 Å². The molecule has 0 aliphatic carbocycles. The maximum atomic E-state index is 6.09. The van der Waals surface area contributed by atoms with Gasteiger partial charge in [0.25, 0.3) is 0 Å². The van der Waals surface area contributed by atoms with E-state index in [0.29, 0.717) is 17.5 Å². The van der Waals surface area contributed by atoms with Crippen LogP contribution < -0.4 is 0 Å². The minimum Gasteiger partial charge on any atom is -0.377 e. The van der Waals surface area contributed by atoms with Crippen LogP contribution in [0.25, 0.3) is 45.4 Å². The van der Waals surface area contributed by atoms with Crippen molar-refractivity contribution in [2.24, 2.45) is 0 Å². The molecule has 0 N–H and O–H groups in total. The van der Waals surface area contributed by atoms with E-state index in [1.165, 1.54) is 22.3 Å². The van der Waals surface area contributed by atoms with Crippen molar-refractivity contribution in [3.63, 3.8) is 0 Å². The Morgan fingerprint density at radius 1 is 0.636 bits per heavy atom. The molecule has 2 bridgehead atoms. The summed E-state index contributed by atoms with van der Waals surface area (Å²) in [6.07, 6.45) is 4.50. The van der Waals surface area contributed by atoms with E-state index in [1.807, 2.05) is 18.3 Å². The molecule has 44 heavy (non-hydrogen) atoms. The maximum absolute atomic E-state index is 6.09. The van der Waals surface area contributed by atoms with Gasteiger partial charge in [-0.15, -0.1) is 23.8 Å². The summed E-state index contributed by atoms with van der Waals surface area (Å²) in [6, 6.07) is 28.9. The van der Waals surface area contributed by atoms with Crippen molar-refractivity contribution in [3.05, 3.63) is 107 Å². The van der Waals surface area contributed by atoms with Gasteiger partial charge in [-0.3, -0.25) is 0 Å². The zero-order chi connectivity index (χ0) is 29.9. The Bertz CT molecular complexity index is 1730. The molecule has 6 heteroatoms. The van der Waals surface area contributed by atoms with Crippen molar-refractivity contribution in [3.8, 4) is 45.4 Å². The van der Waals surface area contributed by atoms with E-state index in [9.17, 15) is 0 Å². The fourth-order valence-corrected chi connectivity index (χ4v) is 6.01. The molecule has 0 spiro atoms. The molecule has 3 aromatic carbocycles. The first kappa shape index (κ1) is 30.5. The van der Waals surface area contributed by atoms with Crippen LogP contribution in [-0.2, 0) is 35.7 Å². The van der Waals surface area contributed by atoms with Gasteiger partial charge >= 0.3 is 0 Å². The van der Waals surface area contributed by atoms with E-state index in [0.717, 1.165) is 40.8 Å². The number of rotatable bonds is 4. The van der Waals surface area contributed by atoms with E-state index < -0.39 is 0 Å². The van der Waals surface area contributed by atoms with Gasteiger partial charge in [-0.25, -0.2) is 15.0 Å². The van der Waals surface area contributed by atoms with E-state index in [-0.39, 0.29) is 43.1 Å². The SMILES string of the molecule is CC(C)(C)c1ccc(-c2nc(-c3ccc(C(C)(C)C)cc3)nc(-c3ccc(-c4[c-]cc5c(c4)C4CCC5O4)nc3)n2)cc1.[Ir]. The van der Waals surface area contributed by atoms with Crippen LogP contribution in [-0.4, -0.2) is 19.9 Å². The second-order valence-electron chi connectivity index (χ2n) is 13.8. The normalized spacial score (nSPS) is 17.3. The fourth-order valence-electron chi connectivity index (χ4n) is 6.01. The number of ether oxygens (including phenoxy) is 1. The zero-order valence-corrected chi connectivity index (χ0v) is 28.5. The second-order valence-corrected chi connectivity index (χ2v) is 13.8. The maximum Gasteiger partial charge on any atom is 0.165 e. The molecule has 2 aliphatic heterocycles. The Labute approximate surface area is 273 Å². The Morgan fingerprint density at radius 2 is 1.11 bits per heavy atom. The first-order valence-corrected chi connectivity index (χ1v) is 15.2. The van der Waals surface area contributed by atoms with Crippen LogP contribution in [0.2, 0.25) is 0 Å². The van der Waals surface area contributed by atoms with Crippen LogP contribution in [0.5, 0.6) is 0 Å². The molecular formula is C38H37IrN4O-. The predicted octanol–water partition coefficient (Wildman–Crippen LogP) is 9.23. The van der Waals surface area contributed by atoms with Gasteiger partial charge < -0.3 is 9.72 Å². The molecule has 2 aliphatic rings. The first-order chi connectivity index (χ1) is 20.5. The Hall–Kier alpha value is -3.57. The summed E-state index contributed by atoms with van der Waals surface area (Å²) in [5.74, 6) is 1.89. The molecule has 0 saturated carbocycles. The molecule has 2 atom stereocenters. The quantitative estimate of drug-likeness (QED) is 0.171. The third-order valence-corrected chi connectivity index (χ3v) is 8.68. The van der Waals surface area contributed by atoms with Gasteiger partial charge in [-0.2, -0.15) is 0 Å². The number of nitrogens with zero attached hydrogens (tertiary/aromatic N) is 4. The summed E-state index contributed by atoms with van der Waals surface area (Å²) in [5, 5.41) is 0. The van der Waals surface area contributed by atoms with E-state index in [4.69, 9.17) is 24.7 Å². The third kappa shape index (κ3) is 5.79. The molecule has 4 heterocycles. The molecule has 7 rings (SSSR count). The molecule has 2 aromatic heterocycles. The third-order valence-electron chi connectivity index (χ3n) is 8.68. The number of benzene rings is 3. The fraction of sp³-hybridized carbons (Fsp3) is 0.316. The Kier molecular flexibility index (Phi) is 7.90. The smallest absolute Gasteiger partial charge is 0.165 e. The van der Waals surface area contributed by atoms with Gasteiger partial charge in [0.2, 0.25) is 0 Å². The van der Waals surface area contributed by atoms with Gasteiger partial charge in [-0.05, 0) is 40.5 Å². The molecular weight excluding hydrogens is 721 g/mol. The summed E-state index contributed by atoms with van der Waals surface area (Å²) in [5.41, 5.74) is 9.86. The molecule has 0 amide bonds. The predicted molar refractivity (Wildman–Crippen MR) is 171 cm³/mol. The zero-order valence-electron chi connectivity index (χ0n) is 26.1. The van der Waals surface area contributed by atoms with Crippen molar-refractivity contribution >= 4 is 0 Å². The average Bonchev–Trinajstić information content (AvgIpc) is 3.63. The summed E-state index contributed by atoms with van der Waals surface area (Å²) in [4.78, 5) is 19.6. The van der Waals surface area contributed by atoms with Crippen LogP contribution in [0, 0.1) is 6.07 Å². The van der Waals surface area contributed by atoms with Crippen LogP contribution in [0.1, 0.15) is 88.8 Å². The topological polar surface area (TPSA) is 60.8 Å². The van der Waals surface area contributed by atoms with Crippen molar-refractivity contribution in [2.45, 2.75) is 77.4 Å². The summed E-state index contributed by atoms with van der Waals surface area (Å²) >= 11 is 0. The second kappa shape index (κ2) is 11.4. The standard InChI is InChI=1S/C38H37N4O.Ir/c1-37(2,3)27-13-7-23(8-14-27)34-40-35(24-9-15-28(16-10-24)38(4,5)6)42-36(41-34)26-12-18-31(39-22-26)25-11-17-29-30(21-25)33-20-19-32(29)43-33;/h7-10,12-18,21-22,32-33H,19-20H2,1-6H3;/q-1;. The van der Waals surface area contributed by atoms with E-state index >= 15 is 0 Å². The van der Waals surface area contributed by atoms with Crippen molar-refractivity contribution in [2.75, 3.05) is 0 Å². The molecule has 5 nitrogen and oxygen atoms in total. The Balaban J connectivity index is 0.00000343. The van der Waals surface area contributed by atoms with E-state index in [2.05, 4.69) is 108 Å². The van der Waals surface area contributed by atoms with Crippen LogP contribution in [0.15, 0.2) is 79.0 Å². The molecule has 1 fully saturated rings. The summed E-state index contributed by atoms with van der Waals surface area (Å²) in [7, 11) is 0. The number of aromatic nitrogens is 4. The van der Waals surface area contributed by atoms with E-state index in [1.54, 1.807) is 0 Å². The summed E-state index contributed by atoms with van der Waals surface area (Å²) < 4.78 is 6.09. The van der Waals surface area contributed by atoms with Crippen molar-refractivity contribution in [1.82, 2.24) is 19.9 Å². The van der Waals surface area contributed by atoms with Gasteiger partial charge in [0.15, 0.2) is 17.5 Å². The minimum absolute atomic E-state index is 0. The molecule has 1 saturated heterocycles. The first-order valence-electron chi connectivity index (χ1n) is 15.2. The number of pyridine rings is 1. The van der Waals surface area contributed by atoms with Crippen molar-refractivity contribution in [1.29, 1.82) is 0 Å². The monoisotopic (exact) mass is 758 g/mol. The van der Waals surface area contributed by atoms with Gasteiger partial charge in [-0.1, -0.05) is 113 Å². The molecule has 225 valence electrons. The number of fused-ring (bicyclic) bond motifs is 5. The van der Waals surface area contributed by atoms with Gasteiger partial charge in [0, 0.05) is 43.0 Å². The minimum atomic E-state index is 0. The molecule has 1 radical (unpaired) electrons. The number of hydrogen-bond acceptors (Lipinski definition) is 5. The summed E-state index contributed by atoms with van der Waals surface area (Å²) in [6.45, 7) is 13.3. The Morgan fingerprint density at radius 3 is 1.59 bits per heavy atom. The van der Waals surface area contributed by atoms with Crippen molar-refractivity contribution < 1.29 is 24.8 Å². The van der Waals surface area contributed by atoms with Crippen LogP contribution in [0.4, 0.5) is 0 Å². The molecule has 2 unspecified atom stereocenters. The van der Waals surface area contributed by atoms with Crippen LogP contribution >= 0.6 is 0 Å². The van der Waals surface area contributed by atoms with Gasteiger partial charge in [0.05, 0.1) is 12.2 Å². The van der Waals surface area contributed by atoms with Gasteiger partial charge in [0.1, 0.15) is 0 Å².